The Morgan fingerprint density at radius 2 is 1.56 bits per heavy atom. The van der Waals surface area contributed by atoms with Gasteiger partial charge in [-0.2, -0.15) is 0 Å². The quantitative estimate of drug-likeness (QED) is 0.0337. The number of β-amino-alcohol motifs (C(OH)–C–C–N with tert-alkyl or cyclic N) is 1. The molecule has 1 fully saturated rings. The van der Waals surface area contributed by atoms with Gasteiger partial charge in [-0.1, -0.05) is 112 Å². The Morgan fingerprint density at radius 1 is 0.844 bits per heavy atom. The molecule has 5 heterocycles. The second-order valence-corrected chi connectivity index (χ2v) is 26.8. The second-order valence-electron chi connectivity index (χ2n) is 24.4. The Bertz CT molecular complexity index is 3970. The number of aryl methyl sites for hydroxylation is 2. The number of carbonyl (C=O) groups excluding carboxylic acids is 8. The van der Waals surface area contributed by atoms with Crippen molar-refractivity contribution in [3.8, 4) is 21.6 Å². The highest BCUT2D eigenvalue weighted by atomic mass is 32.1. The fourth-order valence-corrected chi connectivity index (χ4v) is 13.2. The number of aromatic nitrogens is 2. The molecular formula is C66H72N9O13PS. The van der Waals surface area contributed by atoms with Gasteiger partial charge in [0.25, 0.3) is 11.4 Å². The number of H-pyrrole nitrogens is 1. The zero-order valence-electron chi connectivity index (χ0n) is 50.4. The van der Waals surface area contributed by atoms with Crippen LogP contribution < -0.4 is 31.9 Å². The van der Waals surface area contributed by atoms with Crippen LogP contribution >= 0.6 is 18.9 Å². The van der Waals surface area contributed by atoms with Gasteiger partial charge in [-0.15, -0.1) is 11.3 Å². The summed E-state index contributed by atoms with van der Waals surface area (Å²) in [5.74, 6) is -3.50. The number of aliphatic hydroxyl groups is 1. The number of anilines is 1. The molecule has 0 bridgehead atoms. The third kappa shape index (κ3) is 14.6. The van der Waals surface area contributed by atoms with E-state index < -0.39 is 102 Å². The number of nitrogens with two attached hydrogens (primary N) is 1. The molecule has 7 amide bonds. The number of para-hydroxylation sites is 1. The van der Waals surface area contributed by atoms with Gasteiger partial charge >= 0.3 is 7.60 Å². The first-order valence-electron chi connectivity index (χ1n) is 29.7. The lowest BCUT2D eigenvalue weighted by Crippen LogP contribution is -2.58. The molecule has 5 aromatic carbocycles. The molecule has 0 radical (unpaired) electrons. The molecule has 7 atom stereocenters. The summed E-state index contributed by atoms with van der Waals surface area (Å²) in [7, 11) is -5.06. The van der Waals surface area contributed by atoms with Crippen molar-refractivity contribution >= 4 is 82.4 Å². The Labute approximate surface area is 523 Å². The molecule has 10 N–H and O–H groups in total. The number of aliphatic hydroxyl groups excluding tert-OH is 1. The van der Waals surface area contributed by atoms with E-state index in [4.69, 9.17) is 10.5 Å². The highest BCUT2D eigenvalue weighted by Gasteiger charge is 2.46. The number of thiazole rings is 1. The number of nitrogens with one attached hydrogen (secondary N) is 5. The molecule has 0 saturated carbocycles. The summed E-state index contributed by atoms with van der Waals surface area (Å²) >= 11 is 1.56. The number of primary amides is 1. The summed E-state index contributed by atoms with van der Waals surface area (Å²) in [6.45, 7) is 9.52. The molecule has 24 heteroatoms. The number of aromatic amines is 1. The minimum absolute atomic E-state index is 0.0321. The Kier molecular flexibility index (Phi) is 19.1. The maximum Gasteiger partial charge on any atom is 0.396 e. The van der Waals surface area contributed by atoms with Gasteiger partial charge in [0.2, 0.25) is 35.4 Å². The van der Waals surface area contributed by atoms with E-state index in [9.17, 15) is 57.8 Å². The highest BCUT2D eigenvalue weighted by Crippen LogP contribution is 2.41. The minimum atomic E-state index is -5.06. The zero-order valence-corrected chi connectivity index (χ0v) is 52.1. The topological polar surface area (TPSA) is 333 Å². The summed E-state index contributed by atoms with van der Waals surface area (Å²) in [4.78, 5) is 139. The van der Waals surface area contributed by atoms with Crippen molar-refractivity contribution < 1.29 is 62.6 Å². The van der Waals surface area contributed by atoms with Gasteiger partial charge in [0.1, 0.15) is 29.9 Å². The monoisotopic (exact) mass is 1260 g/mol. The van der Waals surface area contributed by atoms with E-state index in [0.717, 1.165) is 49.5 Å². The molecule has 0 unspecified atom stereocenters. The van der Waals surface area contributed by atoms with E-state index in [1.54, 1.807) is 23.8 Å². The van der Waals surface area contributed by atoms with Crippen LogP contribution in [0, 0.1) is 12.3 Å². The number of hydrogen-bond acceptors (Lipinski definition) is 13. The SMILES string of the molecule is Cc1ncsc1-c1ccc(CNC(=O)[C@@H]2C[C@@H](O)CN2C(=O)[C@@H](NC(=O)Cc2cccc(-c3ccc(CO[C@H](C)[C@H](CCC(N)=O)NC(=O)[C@@H]4Cc5cccc6c5N4C(=O)[C@@H](NC(=O)c4cc5cc(C(=O)P(=O)(O)O)ccc5[nH]4)CC6)cc3)c2)C(C)(C)C)cc1. The number of hydrogen-bond donors (Lipinski definition) is 9. The number of ether oxygens (including phenoxy) is 1. The molecule has 90 heavy (non-hydrogen) atoms. The van der Waals surface area contributed by atoms with Crippen LogP contribution in [0.25, 0.3) is 32.5 Å². The Morgan fingerprint density at radius 3 is 2.26 bits per heavy atom. The lowest BCUT2D eigenvalue weighted by molar-refractivity contribution is -0.144. The number of likely N-dealkylation sites (tertiary alicyclic amines) is 1. The van der Waals surface area contributed by atoms with E-state index in [1.807, 2.05) is 119 Å². The third-order valence-electron chi connectivity index (χ3n) is 16.8. The second kappa shape index (κ2) is 26.8. The number of amides is 7. The predicted molar refractivity (Wildman–Crippen MR) is 338 cm³/mol. The normalized spacial score (nSPS) is 18.3. The number of carbonyl (C=O) groups is 8. The van der Waals surface area contributed by atoms with Gasteiger partial charge in [0.05, 0.1) is 53.0 Å². The van der Waals surface area contributed by atoms with Gasteiger partial charge in [0.15, 0.2) is 0 Å². The lowest BCUT2D eigenvalue weighted by atomic mass is 9.85. The molecule has 0 aliphatic carbocycles. The van der Waals surface area contributed by atoms with Gasteiger partial charge in [0, 0.05) is 48.8 Å². The van der Waals surface area contributed by atoms with E-state index in [1.165, 1.54) is 34.1 Å². The van der Waals surface area contributed by atoms with Crippen molar-refractivity contribution in [2.45, 2.75) is 135 Å². The minimum Gasteiger partial charge on any atom is -0.391 e. The molecular weight excluding hydrogens is 1190 g/mol. The first-order chi connectivity index (χ1) is 42.8. The van der Waals surface area contributed by atoms with Crippen LogP contribution in [0.4, 0.5) is 5.69 Å². The van der Waals surface area contributed by atoms with E-state index in [2.05, 4.69) is 31.2 Å². The molecule has 10 rings (SSSR count). The predicted octanol–water partition coefficient (Wildman–Crippen LogP) is 6.29. The number of rotatable bonds is 22. The van der Waals surface area contributed by atoms with Crippen molar-refractivity contribution in [3.63, 3.8) is 0 Å². The van der Waals surface area contributed by atoms with Crippen molar-refractivity contribution in [1.82, 2.24) is 36.1 Å². The van der Waals surface area contributed by atoms with E-state index >= 15 is 0 Å². The average molecular weight is 1260 g/mol. The summed E-state index contributed by atoms with van der Waals surface area (Å²) in [5, 5.41) is 22.9. The van der Waals surface area contributed by atoms with Crippen molar-refractivity contribution in [2.75, 3.05) is 11.4 Å². The van der Waals surface area contributed by atoms with Crippen LogP contribution in [0.3, 0.4) is 0 Å². The van der Waals surface area contributed by atoms with E-state index in [0.29, 0.717) is 28.6 Å². The highest BCUT2D eigenvalue weighted by molar-refractivity contribution is 7.70. The number of fused-ring (bicyclic) bond motifs is 1. The van der Waals surface area contributed by atoms with Crippen molar-refractivity contribution in [2.24, 2.45) is 11.1 Å². The zero-order chi connectivity index (χ0) is 64.3. The number of benzene rings is 5. The summed E-state index contributed by atoms with van der Waals surface area (Å²) in [5.41, 5.74) is 13.7. The van der Waals surface area contributed by atoms with Crippen LogP contribution in [-0.2, 0) is 70.5 Å². The largest absolute Gasteiger partial charge is 0.396 e. The fraction of sp³-hybridized carbons (Fsp3) is 0.348. The first kappa shape index (κ1) is 64.3. The molecule has 22 nitrogen and oxygen atoms in total. The Balaban J connectivity index is 0.744. The molecule has 3 aliphatic heterocycles. The standard InChI is InChI=1S/C66H72N9O13PS/c1-36-58(90-35-69-36)43-18-12-38(13-19-43)32-68-61(80)53-31-48(76)33-74(53)64(83)59(66(3,4)5)73-56(78)27-40-8-6-10-44(26-40)41-16-14-39(15-17-41)34-88-37(2)49(24-25-55(67)77)71-62(81)54-30-45-11-7-9-42-20-23-51(63(82)75(54)57(42)45)72-60(79)52-29-47-28-46(21-22-50(47)70-52)65(84)89(85,86)87/h6-19,21-22,26,28-29,35,37,48-49,51,53-54,59,70,76H,20,23-25,27,30-34H2,1-5H3,(H2,67,77)(H,68,80)(H,71,81)(H,72,79)(H,73,78)(H2,85,86,87)/t37-,48-,49+,51+,53+,54+,59-/m1/s1. The van der Waals surface area contributed by atoms with Gasteiger partial charge < -0.3 is 56.5 Å². The van der Waals surface area contributed by atoms with Crippen LogP contribution in [0.5, 0.6) is 0 Å². The summed E-state index contributed by atoms with van der Waals surface area (Å²) < 4.78 is 18.0. The van der Waals surface area contributed by atoms with Crippen molar-refractivity contribution in [1.29, 1.82) is 0 Å². The average Bonchev–Trinajstić information content (AvgIpc) is 1.61. The van der Waals surface area contributed by atoms with Crippen LogP contribution in [0.2, 0.25) is 0 Å². The van der Waals surface area contributed by atoms with Crippen LogP contribution in [-0.4, -0.2) is 126 Å². The smallest absolute Gasteiger partial charge is 0.391 e. The molecule has 7 aromatic rings. The lowest BCUT2D eigenvalue weighted by Gasteiger charge is -2.35. The van der Waals surface area contributed by atoms with Crippen LogP contribution in [0.15, 0.2) is 121 Å². The maximum atomic E-state index is 14.6. The molecule has 1 saturated heterocycles. The fourth-order valence-electron chi connectivity index (χ4n) is 11.9. The third-order valence-corrected chi connectivity index (χ3v) is 18.6. The number of nitrogens with zero attached hydrogens (tertiary/aromatic N) is 3. The Hall–Kier alpha value is -8.70. The van der Waals surface area contributed by atoms with Crippen LogP contribution in [0.1, 0.15) is 108 Å². The van der Waals surface area contributed by atoms with Gasteiger partial charge in [-0.3, -0.25) is 47.8 Å². The molecule has 3 aliphatic rings. The first-order valence-corrected chi connectivity index (χ1v) is 32.2. The molecule has 2 aromatic heterocycles. The van der Waals surface area contributed by atoms with E-state index in [-0.39, 0.29) is 69.5 Å². The summed E-state index contributed by atoms with van der Waals surface area (Å²) in [6, 6.07) is 29.1. The maximum absolute atomic E-state index is 14.6. The molecule has 0 spiro atoms. The van der Waals surface area contributed by atoms with Crippen molar-refractivity contribution in [3.05, 3.63) is 166 Å². The van der Waals surface area contributed by atoms with Gasteiger partial charge in [-0.05, 0) is 107 Å². The summed E-state index contributed by atoms with van der Waals surface area (Å²) in [6.07, 6.45) is -0.703. The van der Waals surface area contributed by atoms with Gasteiger partial charge in [-0.25, -0.2) is 4.98 Å². The molecule has 470 valence electrons.